The number of methoxy groups -OCH3 is 2. The van der Waals surface area contributed by atoms with Crippen LogP contribution in [0.2, 0.25) is 0 Å². The molecule has 5 heteroatoms. The molecule has 0 bridgehead atoms. The second-order valence-electron chi connectivity index (χ2n) is 7.96. The van der Waals surface area contributed by atoms with Gasteiger partial charge in [0.1, 0.15) is 17.2 Å². The first kappa shape index (κ1) is 19.7. The van der Waals surface area contributed by atoms with Crippen LogP contribution in [-0.4, -0.2) is 24.4 Å². The van der Waals surface area contributed by atoms with E-state index in [1.54, 1.807) is 14.2 Å². The van der Waals surface area contributed by atoms with Gasteiger partial charge >= 0.3 is 0 Å². The van der Waals surface area contributed by atoms with Crippen LogP contribution in [0.25, 0.3) is 11.1 Å². The molecule has 2 aromatic carbocycles. The maximum absolute atomic E-state index is 6.53. The van der Waals surface area contributed by atoms with E-state index < -0.39 is 7.92 Å². The zero-order valence-corrected chi connectivity index (χ0v) is 18.4. The summed E-state index contributed by atoms with van der Waals surface area (Å²) in [7, 11) is 2.67. The Morgan fingerprint density at radius 2 is 1.59 bits per heavy atom. The van der Waals surface area contributed by atoms with Gasteiger partial charge in [0, 0.05) is 17.1 Å². The van der Waals surface area contributed by atoms with Crippen molar-refractivity contribution in [2.45, 2.75) is 31.8 Å². The van der Waals surface area contributed by atoms with Crippen molar-refractivity contribution in [3.63, 3.8) is 0 Å². The van der Waals surface area contributed by atoms with Crippen LogP contribution in [0.15, 0.2) is 60.8 Å². The molecule has 0 aliphatic carbocycles. The molecule has 0 N–H and O–H groups in total. The summed E-state index contributed by atoms with van der Waals surface area (Å²) in [4.78, 5) is 4.62. The van der Waals surface area contributed by atoms with Gasteiger partial charge in [-0.1, -0.05) is 45.0 Å². The number of ether oxygens (including phenoxy) is 3. The molecule has 1 aromatic heterocycles. The van der Waals surface area contributed by atoms with Crippen LogP contribution in [0.3, 0.4) is 0 Å². The van der Waals surface area contributed by atoms with E-state index in [1.165, 1.54) is 5.30 Å². The van der Waals surface area contributed by atoms with Gasteiger partial charge in [-0.15, -0.1) is 0 Å². The van der Waals surface area contributed by atoms with Gasteiger partial charge in [0.05, 0.1) is 25.5 Å². The van der Waals surface area contributed by atoms with Gasteiger partial charge in [-0.3, -0.25) is 4.98 Å². The minimum absolute atomic E-state index is 0.0219. The lowest BCUT2D eigenvalue weighted by Gasteiger charge is -2.32. The van der Waals surface area contributed by atoms with Gasteiger partial charge in [0.25, 0.3) is 0 Å². The van der Waals surface area contributed by atoms with Crippen molar-refractivity contribution in [2.24, 2.45) is 0 Å². The number of hydrogen-bond donors (Lipinski definition) is 0. The molecular formula is C24H26NO3P. The van der Waals surface area contributed by atoms with E-state index in [2.05, 4.69) is 44.0 Å². The molecule has 1 aliphatic rings. The average molecular weight is 407 g/mol. The third-order valence-electron chi connectivity index (χ3n) is 5.07. The average Bonchev–Trinajstić information content (AvgIpc) is 3.14. The molecule has 0 saturated heterocycles. The minimum Gasteiger partial charge on any atom is -0.496 e. The Morgan fingerprint density at radius 3 is 2.17 bits per heavy atom. The van der Waals surface area contributed by atoms with Crippen LogP contribution >= 0.6 is 7.92 Å². The fourth-order valence-corrected chi connectivity index (χ4v) is 6.93. The van der Waals surface area contributed by atoms with Gasteiger partial charge in [0.2, 0.25) is 0 Å². The first-order chi connectivity index (χ1) is 14.0. The van der Waals surface area contributed by atoms with Crippen LogP contribution in [0.4, 0.5) is 0 Å². The van der Waals surface area contributed by atoms with E-state index in [-0.39, 0.29) is 11.0 Å². The molecule has 0 amide bonds. The first-order valence-electron chi connectivity index (χ1n) is 9.67. The second-order valence-corrected chi connectivity index (χ2v) is 11.0. The summed E-state index contributed by atoms with van der Waals surface area (Å²) in [5.41, 5.74) is 3.05. The molecular weight excluding hydrogens is 381 g/mol. The molecule has 150 valence electrons. The standard InChI is InChI=1S/C24H26NO3P/c1-24(2,3)29-22-16(21-18(26-4)12-9-13-19(21)27-5)10-8-14-20(22)28-23(29)17-11-6-7-15-25-17/h6-15,23H,1-5H3/t23-,29+/m1/s1. The molecule has 0 unspecified atom stereocenters. The lowest BCUT2D eigenvalue weighted by atomic mass is 10.0. The van der Waals surface area contributed by atoms with E-state index in [4.69, 9.17) is 14.2 Å². The van der Waals surface area contributed by atoms with Crippen LogP contribution < -0.4 is 19.5 Å². The normalized spacial score (nSPS) is 18.1. The van der Waals surface area contributed by atoms with Crippen LogP contribution in [0.5, 0.6) is 17.2 Å². The Bertz CT molecular complexity index is 992. The van der Waals surface area contributed by atoms with E-state index in [0.29, 0.717) is 0 Å². The lowest BCUT2D eigenvalue weighted by molar-refractivity contribution is 0.295. The van der Waals surface area contributed by atoms with Gasteiger partial charge in [0.15, 0.2) is 5.85 Å². The van der Waals surface area contributed by atoms with Crippen LogP contribution in [0, 0.1) is 0 Å². The molecule has 2 heterocycles. The Balaban J connectivity index is 1.96. The Labute approximate surface area is 173 Å². The maximum Gasteiger partial charge on any atom is 0.163 e. The largest absolute Gasteiger partial charge is 0.496 e. The highest BCUT2D eigenvalue weighted by atomic mass is 31.1. The predicted molar refractivity (Wildman–Crippen MR) is 119 cm³/mol. The van der Waals surface area contributed by atoms with Crippen LogP contribution in [0.1, 0.15) is 32.3 Å². The van der Waals surface area contributed by atoms with E-state index in [1.807, 2.05) is 42.6 Å². The molecule has 4 rings (SSSR count). The topological polar surface area (TPSA) is 40.6 Å². The Kier molecular flexibility index (Phi) is 5.23. The molecule has 2 atom stereocenters. The molecule has 0 radical (unpaired) electrons. The number of fused-ring (bicyclic) bond motifs is 1. The van der Waals surface area contributed by atoms with Crippen molar-refractivity contribution in [2.75, 3.05) is 14.2 Å². The lowest BCUT2D eigenvalue weighted by Crippen LogP contribution is -2.21. The fourth-order valence-electron chi connectivity index (χ4n) is 3.88. The van der Waals surface area contributed by atoms with Gasteiger partial charge < -0.3 is 14.2 Å². The third-order valence-corrected chi connectivity index (χ3v) is 8.30. The highest BCUT2D eigenvalue weighted by Crippen LogP contribution is 2.66. The molecule has 1 aliphatic heterocycles. The van der Waals surface area contributed by atoms with Crippen molar-refractivity contribution < 1.29 is 14.2 Å². The minimum atomic E-state index is -0.717. The van der Waals surface area contributed by atoms with Crippen molar-refractivity contribution >= 4 is 13.2 Å². The number of nitrogens with zero attached hydrogens (tertiary/aromatic N) is 1. The predicted octanol–water partition coefficient (Wildman–Crippen LogP) is 5.76. The van der Waals surface area contributed by atoms with Gasteiger partial charge in [-0.2, -0.15) is 0 Å². The monoisotopic (exact) mass is 407 g/mol. The summed E-state index contributed by atoms with van der Waals surface area (Å²) in [6, 6.07) is 18.2. The molecule has 4 nitrogen and oxygen atoms in total. The van der Waals surface area contributed by atoms with Gasteiger partial charge in [-0.25, -0.2) is 0 Å². The zero-order chi connectivity index (χ0) is 20.6. The van der Waals surface area contributed by atoms with E-state index in [0.717, 1.165) is 34.1 Å². The zero-order valence-electron chi connectivity index (χ0n) is 17.5. The smallest absolute Gasteiger partial charge is 0.163 e. The van der Waals surface area contributed by atoms with Crippen molar-refractivity contribution in [3.05, 3.63) is 66.5 Å². The van der Waals surface area contributed by atoms with Crippen molar-refractivity contribution in [1.82, 2.24) is 4.98 Å². The number of benzene rings is 2. The Morgan fingerprint density at radius 1 is 0.897 bits per heavy atom. The molecule has 0 saturated carbocycles. The third kappa shape index (κ3) is 3.47. The van der Waals surface area contributed by atoms with E-state index >= 15 is 0 Å². The summed E-state index contributed by atoms with van der Waals surface area (Å²) < 4.78 is 17.9. The Hall–Kier alpha value is -2.58. The summed E-state index contributed by atoms with van der Waals surface area (Å²) >= 11 is 0. The number of rotatable bonds is 4. The molecule has 0 spiro atoms. The number of aromatic nitrogens is 1. The van der Waals surface area contributed by atoms with E-state index in [9.17, 15) is 0 Å². The van der Waals surface area contributed by atoms with Gasteiger partial charge in [-0.05, 0) is 43.4 Å². The molecule has 3 aromatic rings. The second kappa shape index (κ2) is 7.68. The molecule has 29 heavy (non-hydrogen) atoms. The number of hydrogen-bond acceptors (Lipinski definition) is 4. The highest BCUT2D eigenvalue weighted by molar-refractivity contribution is 7.68. The van der Waals surface area contributed by atoms with Crippen LogP contribution in [-0.2, 0) is 0 Å². The fraction of sp³-hybridized carbons (Fsp3) is 0.292. The summed E-state index contributed by atoms with van der Waals surface area (Å²) in [5.74, 6) is 2.43. The van der Waals surface area contributed by atoms with Crippen molar-refractivity contribution in [3.8, 4) is 28.4 Å². The quantitative estimate of drug-likeness (QED) is 0.516. The van der Waals surface area contributed by atoms with Crippen molar-refractivity contribution in [1.29, 1.82) is 0 Å². The number of pyridine rings is 1. The summed E-state index contributed by atoms with van der Waals surface area (Å²) in [6.07, 6.45) is 1.84. The molecule has 0 fully saturated rings. The highest BCUT2D eigenvalue weighted by Gasteiger charge is 2.45. The summed E-state index contributed by atoms with van der Waals surface area (Å²) in [5, 5.41) is 1.27. The summed E-state index contributed by atoms with van der Waals surface area (Å²) in [6.45, 7) is 6.84. The SMILES string of the molecule is COc1cccc(OC)c1-c1cccc2c1[P@](C(C)(C)C)[C@H](c1ccccn1)O2. The first-order valence-corrected chi connectivity index (χ1v) is 11.1. The maximum atomic E-state index is 6.53.